The molecule has 0 spiro atoms. The van der Waals surface area contributed by atoms with Crippen molar-refractivity contribution in [2.75, 3.05) is 5.32 Å². The molecule has 110 valence electrons. The number of anilines is 1. The number of urea groups is 1. The van der Waals surface area contributed by atoms with Gasteiger partial charge in [-0.15, -0.1) is 0 Å². The van der Waals surface area contributed by atoms with Crippen molar-refractivity contribution in [2.45, 2.75) is 11.4 Å². The molecule has 3 N–H and O–H groups in total. The Kier molecular flexibility index (Phi) is 4.89. The van der Waals surface area contributed by atoms with Crippen molar-refractivity contribution in [3.8, 4) is 0 Å². The zero-order valence-corrected chi connectivity index (χ0v) is 12.4. The lowest BCUT2D eigenvalue weighted by Crippen LogP contribution is -2.87. The number of nitrogens with one attached hydrogen (secondary N) is 1. The average molecular weight is 327 g/mol. The number of benzene rings is 1. The van der Waals surface area contributed by atoms with Crippen molar-refractivity contribution in [3.63, 3.8) is 0 Å². The molecular formula is C13H13ClN3O3S+. The van der Waals surface area contributed by atoms with E-state index in [1.807, 2.05) is 6.07 Å². The summed E-state index contributed by atoms with van der Waals surface area (Å²) >= 11 is 0. The summed E-state index contributed by atoms with van der Waals surface area (Å²) in [4.78, 5) is 15.7. The molecule has 0 bridgehead atoms. The molecule has 1 aromatic carbocycles. The molecule has 0 unspecified atom stereocenters. The molecule has 0 saturated heterocycles. The third kappa shape index (κ3) is 4.82. The topological polar surface area (TPSA) is 92.7 Å². The van der Waals surface area contributed by atoms with Crippen molar-refractivity contribution < 1.29 is 18.5 Å². The maximum absolute atomic E-state index is 11.7. The van der Waals surface area contributed by atoms with Gasteiger partial charge in [0.05, 0.1) is 4.90 Å². The van der Waals surface area contributed by atoms with Gasteiger partial charge in [-0.3, -0.25) is 15.6 Å². The number of pyridine rings is 1. The molecule has 0 aliphatic heterocycles. The molecule has 8 heteroatoms. The van der Waals surface area contributed by atoms with Crippen LogP contribution in [0.4, 0.5) is 10.5 Å². The maximum atomic E-state index is 11.7. The van der Waals surface area contributed by atoms with E-state index in [9.17, 15) is 13.2 Å². The van der Waals surface area contributed by atoms with E-state index in [4.69, 9.17) is 10.7 Å². The van der Waals surface area contributed by atoms with Gasteiger partial charge in [0, 0.05) is 34.3 Å². The highest BCUT2D eigenvalue weighted by Gasteiger charge is 2.11. The van der Waals surface area contributed by atoms with Crippen LogP contribution in [0.25, 0.3) is 0 Å². The van der Waals surface area contributed by atoms with Gasteiger partial charge in [0.2, 0.25) is 0 Å². The lowest BCUT2D eigenvalue weighted by molar-refractivity contribution is -0.569. The number of rotatable bonds is 4. The van der Waals surface area contributed by atoms with Crippen LogP contribution in [0.3, 0.4) is 0 Å². The van der Waals surface area contributed by atoms with Crippen molar-refractivity contribution in [2.24, 2.45) is 0 Å². The molecule has 0 saturated carbocycles. The molecule has 0 atom stereocenters. The summed E-state index contributed by atoms with van der Waals surface area (Å²) in [5.41, 5.74) is 1.42. The van der Waals surface area contributed by atoms with Crippen molar-refractivity contribution >= 4 is 31.5 Å². The van der Waals surface area contributed by atoms with E-state index in [1.54, 1.807) is 18.5 Å². The molecule has 6 nitrogen and oxygen atoms in total. The molecular weight excluding hydrogens is 314 g/mol. The summed E-state index contributed by atoms with van der Waals surface area (Å²) in [6.45, 7) is 0.466. The highest BCUT2D eigenvalue weighted by atomic mass is 35.7. The van der Waals surface area contributed by atoms with Gasteiger partial charge < -0.3 is 0 Å². The first-order valence-corrected chi connectivity index (χ1v) is 8.34. The van der Waals surface area contributed by atoms with E-state index in [1.165, 1.54) is 29.6 Å². The summed E-state index contributed by atoms with van der Waals surface area (Å²) in [5.74, 6) is 0. The highest BCUT2D eigenvalue weighted by Crippen LogP contribution is 2.17. The summed E-state index contributed by atoms with van der Waals surface area (Å²) in [7, 11) is 1.46. The van der Waals surface area contributed by atoms with E-state index in [-0.39, 0.29) is 10.9 Å². The zero-order chi connectivity index (χ0) is 15.3. The van der Waals surface area contributed by atoms with Crippen LogP contribution in [0.2, 0.25) is 0 Å². The number of quaternary nitrogens is 1. The third-order valence-corrected chi connectivity index (χ3v) is 4.02. The van der Waals surface area contributed by atoms with Gasteiger partial charge in [-0.2, -0.15) is 0 Å². The van der Waals surface area contributed by atoms with E-state index in [0.29, 0.717) is 12.2 Å². The Bertz CT molecular complexity index is 718. The minimum absolute atomic E-state index is 0.0125. The van der Waals surface area contributed by atoms with Crippen LogP contribution in [0.1, 0.15) is 5.56 Å². The summed E-state index contributed by atoms with van der Waals surface area (Å²) < 4.78 is 22.2. The number of aromatic nitrogens is 1. The number of carbonyl (C=O) groups is 1. The SMILES string of the molecule is O=C(Nc1ccc(S(=O)(=O)Cl)cc1)[NH2+]Cc1cccnc1. The minimum atomic E-state index is -3.75. The number of carbonyl (C=O) groups excluding carboxylic acids is 1. The first-order valence-electron chi connectivity index (χ1n) is 6.03. The summed E-state index contributed by atoms with van der Waals surface area (Å²) in [6.07, 6.45) is 3.35. The van der Waals surface area contributed by atoms with Crippen LogP contribution in [0.5, 0.6) is 0 Å². The standard InChI is InChI=1S/C13H12ClN3O3S/c14-21(19,20)12-5-3-11(4-6-12)17-13(18)16-9-10-2-1-7-15-8-10/h1-8H,9H2,(H2,16,17,18)/p+1. The van der Waals surface area contributed by atoms with Gasteiger partial charge in [0.25, 0.3) is 9.05 Å². The maximum Gasteiger partial charge on any atom is 0.417 e. The lowest BCUT2D eigenvalue weighted by atomic mass is 10.3. The van der Waals surface area contributed by atoms with Crippen molar-refractivity contribution in [1.82, 2.24) is 4.98 Å². The number of halogens is 1. The van der Waals surface area contributed by atoms with E-state index >= 15 is 0 Å². The Hall–Kier alpha value is -1.96. The first-order chi connectivity index (χ1) is 9.95. The Morgan fingerprint density at radius 1 is 1.24 bits per heavy atom. The average Bonchev–Trinajstić information content (AvgIpc) is 2.46. The Labute approximate surface area is 126 Å². The van der Waals surface area contributed by atoms with Crippen LogP contribution in [0.15, 0.2) is 53.7 Å². The number of primary amides is 1. The molecule has 0 aliphatic carbocycles. The fraction of sp³-hybridized carbons (Fsp3) is 0.0769. The van der Waals surface area contributed by atoms with Crippen molar-refractivity contribution in [3.05, 3.63) is 54.4 Å². The number of hydrogen-bond acceptors (Lipinski definition) is 4. The molecule has 2 amide bonds. The van der Waals surface area contributed by atoms with Gasteiger partial charge in [-0.1, -0.05) is 6.07 Å². The Morgan fingerprint density at radius 3 is 2.52 bits per heavy atom. The van der Waals surface area contributed by atoms with Crippen molar-refractivity contribution in [1.29, 1.82) is 0 Å². The van der Waals surface area contributed by atoms with Gasteiger partial charge in [0.15, 0.2) is 0 Å². The van der Waals surface area contributed by atoms with E-state index < -0.39 is 9.05 Å². The Morgan fingerprint density at radius 2 is 1.95 bits per heavy atom. The van der Waals surface area contributed by atoms with Crippen LogP contribution < -0.4 is 10.6 Å². The van der Waals surface area contributed by atoms with Gasteiger partial charge in [-0.05, 0) is 30.3 Å². The first kappa shape index (κ1) is 15.4. The lowest BCUT2D eigenvalue weighted by Gasteiger charge is -2.04. The molecule has 1 aromatic heterocycles. The second-order valence-electron chi connectivity index (χ2n) is 4.22. The highest BCUT2D eigenvalue weighted by molar-refractivity contribution is 8.13. The molecule has 2 aromatic rings. The number of amides is 2. The molecule has 0 radical (unpaired) electrons. The van der Waals surface area contributed by atoms with Gasteiger partial charge >= 0.3 is 6.03 Å². The van der Waals surface area contributed by atoms with Crippen LogP contribution in [-0.4, -0.2) is 19.4 Å². The largest absolute Gasteiger partial charge is 0.417 e. The quantitative estimate of drug-likeness (QED) is 0.828. The minimum Gasteiger partial charge on any atom is -0.275 e. The second kappa shape index (κ2) is 6.66. The van der Waals surface area contributed by atoms with E-state index in [2.05, 4.69) is 10.3 Å². The van der Waals surface area contributed by atoms with Gasteiger partial charge in [0.1, 0.15) is 6.54 Å². The smallest absolute Gasteiger partial charge is 0.275 e. The molecule has 0 fully saturated rings. The molecule has 0 aliphatic rings. The molecule has 1 heterocycles. The van der Waals surface area contributed by atoms with Crippen LogP contribution in [0, 0.1) is 0 Å². The predicted molar refractivity (Wildman–Crippen MR) is 78.4 cm³/mol. The number of hydrogen-bond donors (Lipinski definition) is 2. The molecule has 2 rings (SSSR count). The normalized spacial score (nSPS) is 11.1. The number of nitrogens with two attached hydrogens (primary N) is 1. The van der Waals surface area contributed by atoms with Crippen LogP contribution in [-0.2, 0) is 15.6 Å². The predicted octanol–water partition coefficient (Wildman–Crippen LogP) is 1.30. The number of nitrogens with zero attached hydrogens (tertiary/aromatic N) is 1. The van der Waals surface area contributed by atoms with Gasteiger partial charge in [-0.25, -0.2) is 13.2 Å². The summed E-state index contributed by atoms with van der Waals surface area (Å²) in [5, 5.41) is 4.13. The fourth-order valence-electron chi connectivity index (χ4n) is 1.62. The second-order valence-corrected chi connectivity index (χ2v) is 6.79. The van der Waals surface area contributed by atoms with E-state index in [0.717, 1.165) is 5.56 Å². The third-order valence-electron chi connectivity index (χ3n) is 2.65. The zero-order valence-electron chi connectivity index (χ0n) is 10.9. The molecule has 21 heavy (non-hydrogen) atoms. The summed E-state index contributed by atoms with van der Waals surface area (Å²) in [6, 6.07) is 9.01. The monoisotopic (exact) mass is 326 g/mol. The van der Waals surface area contributed by atoms with Crippen LogP contribution >= 0.6 is 10.7 Å². The fourth-order valence-corrected chi connectivity index (χ4v) is 2.39. The Balaban J connectivity index is 1.91.